The smallest absolute Gasteiger partial charge is 0.231 e. The molecule has 0 aromatic heterocycles. The molecule has 3 heterocycles. The van der Waals surface area contributed by atoms with Gasteiger partial charge in [0.1, 0.15) is 5.75 Å². The van der Waals surface area contributed by atoms with Crippen LogP contribution in [0.5, 0.6) is 28.7 Å². The van der Waals surface area contributed by atoms with E-state index in [1.165, 1.54) is 0 Å². The molecule has 31 heavy (non-hydrogen) atoms. The first kappa shape index (κ1) is 20.3. The van der Waals surface area contributed by atoms with Crippen LogP contribution in [-0.2, 0) is 4.89 Å². The molecule has 3 atom stereocenters. The van der Waals surface area contributed by atoms with Gasteiger partial charge < -0.3 is 24.2 Å². The van der Waals surface area contributed by atoms with E-state index in [1.54, 1.807) is 6.07 Å². The summed E-state index contributed by atoms with van der Waals surface area (Å²) in [4.78, 5) is 12.8. The number of hydrogen-bond donors (Lipinski definition) is 1. The number of phenols is 1. The first-order valence-corrected chi connectivity index (χ1v) is 11.0. The highest BCUT2D eigenvalue weighted by Gasteiger charge is 2.50. The molecule has 3 aliphatic rings. The summed E-state index contributed by atoms with van der Waals surface area (Å²) < 4.78 is 17.9. The summed E-state index contributed by atoms with van der Waals surface area (Å²) in [5.41, 5.74) is 1.22. The van der Waals surface area contributed by atoms with Crippen molar-refractivity contribution >= 4 is 0 Å². The third-order valence-corrected chi connectivity index (χ3v) is 6.87. The molecule has 0 radical (unpaired) electrons. The number of aromatic hydroxyl groups is 1. The number of fused-ring (bicyclic) bond motifs is 2. The van der Waals surface area contributed by atoms with Crippen molar-refractivity contribution in [1.29, 1.82) is 0 Å². The van der Waals surface area contributed by atoms with Crippen molar-refractivity contribution in [2.24, 2.45) is 5.92 Å². The number of benzene rings is 2. The number of ether oxygens (including phenoxy) is 3. The second-order valence-corrected chi connectivity index (χ2v) is 8.54. The third-order valence-electron chi connectivity index (χ3n) is 6.87. The van der Waals surface area contributed by atoms with Gasteiger partial charge in [0.25, 0.3) is 0 Å². The van der Waals surface area contributed by atoms with Crippen LogP contribution < -0.4 is 19.1 Å². The summed E-state index contributed by atoms with van der Waals surface area (Å²) in [5.74, 6) is 2.46. The number of likely N-dealkylation sites (tertiary alicyclic amines) is 1. The molecule has 7 heteroatoms. The highest BCUT2D eigenvalue weighted by molar-refractivity contribution is 5.59. The minimum Gasteiger partial charge on any atom is -0.504 e. The molecule has 0 saturated carbocycles. The fourth-order valence-corrected chi connectivity index (χ4v) is 5.10. The molecule has 0 aliphatic carbocycles. The minimum absolute atomic E-state index is 0.0479. The van der Waals surface area contributed by atoms with Gasteiger partial charge in [0.2, 0.25) is 12.5 Å². The predicted octanol–water partition coefficient (Wildman–Crippen LogP) is 4.42. The number of phenolic OH excluding ortho intramolecular Hbond substituents is 1. The molecule has 7 nitrogen and oxygen atoms in total. The lowest BCUT2D eigenvalue weighted by atomic mass is 9.73. The van der Waals surface area contributed by atoms with Crippen LogP contribution in [0.15, 0.2) is 30.3 Å². The van der Waals surface area contributed by atoms with Gasteiger partial charge in [-0.3, -0.25) is 4.90 Å². The molecule has 1 saturated heterocycles. The maximum atomic E-state index is 11.1. The molecule has 0 bridgehead atoms. The normalized spacial score (nSPS) is 27.1. The van der Waals surface area contributed by atoms with Crippen LogP contribution in [0.2, 0.25) is 0 Å². The molecule has 3 aliphatic heterocycles. The van der Waals surface area contributed by atoms with Crippen LogP contribution in [0.25, 0.3) is 0 Å². The maximum absolute atomic E-state index is 11.1. The van der Waals surface area contributed by atoms with Gasteiger partial charge in [-0.2, -0.15) is 4.89 Å². The van der Waals surface area contributed by atoms with E-state index in [9.17, 15) is 5.11 Å². The van der Waals surface area contributed by atoms with Gasteiger partial charge in [-0.1, -0.05) is 19.1 Å². The van der Waals surface area contributed by atoms with Gasteiger partial charge >= 0.3 is 0 Å². The number of para-hydroxylation sites is 1. The van der Waals surface area contributed by atoms with Gasteiger partial charge in [0.15, 0.2) is 23.0 Å². The van der Waals surface area contributed by atoms with E-state index in [0.29, 0.717) is 23.9 Å². The topological polar surface area (TPSA) is 69.6 Å². The summed E-state index contributed by atoms with van der Waals surface area (Å²) in [6.07, 6.45) is 2.32. The molecule has 1 fully saturated rings. The highest BCUT2D eigenvalue weighted by atomic mass is 17.2. The largest absolute Gasteiger partial charge is 0.504 e. The molecule has 1 N–H and O–H groups in total. The zero-order valence-corrected chi connectivity index (χ0v) is 18.2. The zero-order chi connectivity index (χ0) is 21.6. The number of nitrogens with zero attached hydrogens (tertiary/aromatic N) is 1. The van der Waals surface area contributed by atoms with Crippen molar-refractivity contribution in [2.45, 2.75) is 45.3 Å². The molecule has 0 amide bonds. The Morgan fingerprint density at radius 2 is 1.84 bits per heavy atom. The van der Waals surface area contributed by atoms with Crippen LogP contribution in [0, 0.1) is 5.92 Å². The van der Waals surface area contributed by atoms with E-state index in [0.717, 1.165) is 42.8 Å². The Bertz CT molecular complexity index is 973. The van der Waals surface area contributed by atoms with E-state index < -0.39 is 5.72 Å². The fourth-order valence-electron chi connectivity index (χ4n) is 5.10. The summed E-state index contributed by atoms with van der Waals surface area (Å²) in [5, 5.41) is 11.1. The molecule has 2 aromatic carbocycles. The van der Waals surface area contributed by atoms with Crippen LogP contribution in [-0.4, -0.2) is 42.2 Å². The number of hydrogen-bond acceptors (Lipinski definition) is 7. The Balaban J connectivity index is 1.65. The van der Waals surface area contributed by atoms with Crippen molar-refractivity contribution in [3.8, 4) is 28.7 Å². The lowest BCUT2D eigenvalue weighted by Gasteiger charge is -2.50. The van der Waals surface area contributed by atoms with Gasteiger partial charge in [-0.15, -0.1) is 0 Å². The lowest BCUT2D eigenvalue weighted by Crippen LogP contribution is -2.57. The SMILES string of the molecule is CCOOc1cccc(C2c3cc4c(cc3OC(C)(N3CCCC3)C2C)OCO4)c1O. The molecule has 3 unspecified atom stereocenters. The van der Waals surface area contributed by atoms with Gasteiger partial charge in [-0.25, -0.2) is 0 Å². The quantitative estimate of drug-likeness (QED) is 0.559. The van der Waals surface area contributed by atoms with E-state index in [-0.39, 0.29) is 24.4 Å². The van der Waals surface area contributed by atoms with Crippen LogP contribution in [0.3, 0.4) is 0 Å². The summed E-state index contributed by atoms with van der Waals surface area (Å²) in [6.45, 7) is 8.75. The van der Waals surface area contributed by atoms with Crippen LogP contribution in [0.4, 0.5) is 0 Å². The predicted molar refractivity (Wildman–Crippen MR) is 114 cm³/mol. The molecular weight excluding hydrogens is 398 g/mol. The first-order chi connectivity index (χ1) is 15.0. The fraction of sp³-hybridized carbons (Fsp3) is 0.500. The van der Waals surface area contributed by atoms with Gasteiger partial charge in [0.05, 0.1) is 6.61 Å². The van der Waals surface area contributed by atoms with Crippen molar-refractivity contribution < 1.29 is 29.1 Å². The van der Waals surface area contributed by atoms with E-state index in [1.807, 2.05) is 31.2 Å². The standard InChI is InChI=1S/C24H29NO6/c1-4-29-31-18-9-7-8-16(23(18)26)22-15(2)24(3,25-10-5-6-11-25)30-19-13-21-20(12-17(19)22)27-14-28-21/h7-9,12-13,15,22,26H,4-6,10-11,14H2,1-3H3. The molecular formula is C24H29NO6. The summed E-state index contributed by atoms with van der Waals surface area (Å²) in [7, 11) is 0. The third kappa shape index (κ3) is 3.27. The molecule has 166 valence electrons. The number of rotatable bonds is 5. The summed E-state index contributed by atoms with van der Waals surface area (Å²) >= 11 is 0. The maximum Gasteiger partial charge on any atom is 0.231 e. The van der Waals surface area contributed by atoms with Crippen molar-refractivity contribution in [3.63, 3.8) is 0 Å². The van der Waals surface area contributed by atoms with Gasteiger partial charge in [0, 0.05) is 42.1 Å². The summed E-state index contributed by atoms with van der Waals surface area (Å²) in [6, 6.07) is 9.43. The Labute approximate surface area is 182 Å². The Hall–Kier alpha value is -2.64. The van der Waals surface area contributed by atoms with Crippen molar-refractivity contribution in [2.75, 3.05) is 26.5 Å². The van der Waals surface area contributed by atoms with E-state index >= 15 is 0 Å². The zero-order valence-electron chi connectivity index (χ0n) is 18.2. The Morgan fingerprint density at radius 3 is 2.58 bits per heavy atom. The van der Waals surface area contributed by atoms with Crippen molar-refractivity contribution in [3.05, 3.63) is 41.5 Å². The molecule has 5 rings (SSSR count). The average Bonchev–Trinajstić information content (AvgIpc) is 3.45. The van der Waals surface area contributed by atoms with Gasteiger partial charge in [-0.05, 0) is 38.8 Å². The molecule has 0 spiro atoms. The van der Waals surface area contributed by atoms with Crippen molar-refractivity contribution in [1.82, 2.24) is 4.90 Å². The lowest BCUT2D eigenvalue weighted by molar-refractivity contribution is -0.203. The molecule has 2 aromatic rings. The average molecular weight is 427 g/mol. The Kier molecular flexibility index (Phi) is 5.10. The second-order valence-electron chi connectivity index (χ2n) is 8.54. The van der Waals surface area contributed by atoms with Crippen LogP contribution in [0.1, 0.15) is 50.7 Å². The van der Waals surface area contributed by atoms with E-state index in [4.69, 9.17) is 24.0 Å². The highest BCUT2D eigenvalue weighted by Crippen LogP contribution is 2.55. The monoisotopic (exact) mass is 427 g/mol. The minimum atomic E-state index is -0.523. The Morgan fingerprint density at radius 1 is 1.10 bits per heavy atom. The first-order valence-electron chi connectivity index (χ1n) is 11.0. The van der Waals surface area contributed by atoms with Crippen LogP contribution >= 0.6 is 0 Å². The van der Waals surface area contributed by atoms with E-state index in [2.05, 4.69) is 18.7 Å². The second kappa shape index (κ2) is 7.80.